The molecule has 27 heavy (non-hydrogen) atoms. The molecule has 1 aliphatic rings. The summed E-state index contributed by atoms with van der Waals surface area (Å²) >= 11 is 1.53. The van der Waals surface area contributed by atoms with Gasteiger partial charge in [-0.15, -0.1) is 11.3 Å². The fourth-order valence-electron chi connectivity index (χ4n) is 3.72. The van der Waals surface area contributed by atoms with Crippen LogP contribution in [0.15, 0.2) is 35.8 Å². The Balaban J connectivity index is 1.67. The van der Waals surface area contributed by atoms with Gasteiger partial charge in [0.05, 0.1) is 5.69 Å². The number of fused-ring (bicyclic) bond motifs is 1. The molecule has 0 unspecified atom stereocenters. The van der Waals surface area contributed by atoms with Crippen molar-refractivity contribution in [3.63, 3.8) is 0 Å². The number of thiazole rings is 1. The van der Waals surface area contributed by atoms with Gasteiger partial charge in [-0.25, -0.2) is 4.98 Å². The average molecular weight is 383 g/mol. The molecule has 1 amide bonds. The SMILES string of the molecule is Cc1ccc(-c2cn3c(C(=O)N4CCN(C)C[C@@H]4C(C)C)csc3n2)cc1. The van der Waals surface area contributed by atoms with Crippen LogP contribution in [-0.2, 0) is 0 Å². The number of nitrogens with zero attached hydrogens (tertiary/aromatic N) is 4. The molecule has 0 saturated carbocycles. The Hall–Kier alpha value is -2.18. The third-order valence-corrected chi connectivity index (χ3v) is 6.27. The molecule has 0 spiro atoms. The molecule has 0 bridgehead atoms. The minimum atomic E-state index is 0.112. The van der Waals surface area contributed by atoms with Gasteiger partial charge < -0.3 is 9.80 Å². The number of imidazole rings is 1. The maximum Gasteiger partial charge on any atom is 0.272 e. The van der Waals surface area contributed by atoms with E-state index in [-0.39, 0.29) is 11.9 Å². The fourth-order valence-corrected chi connectivity index (χ4v) is 4.57. The molecular weight excluding hydrogens is 356 g/mol. The average Bonchev–Trinajstić information content (AvgIpc) is 3.22. The lowest BCUT2D eigenvalue weighted by Crippen LogP contribution is -2.56. The molecule has 1 atom stereocenters. The highest BCUT2D eigenvalue weighted by atomic mass is 32.1. The van der Waals surface area contributed by atoms with E-state index < -0.39 is 0 Å². The summed E-state index contributed by atoms with van der Waals surface area (Å²) in [4.78, 5) is 23.3. The molecule has 0 aliphatic carbocycles. The highest BCUT2D eigenvalue weighted by Crippen LogP contribution is 2.26. The zero-order valence-electron chi connectivity index (χ0n) is 16.3. The van der Waals surface area contributed by atoms with Crippen molar-refractivity contribution in [1.82, 2.24) is 19.2 Å². The van der Waals surface area contributed by atoms with Crippen molar-refractivity contribution in [2.45, 2.75) is 26.8 Å². The summed E-state index contributed by atoms with van der Waals surface area (Å²) in [6, 6.07) is 8.58. The van der Waals surface area contributed by atoms with Crippen LogP contribution in [0.2, 0.25) is 0 Å². The van der Waals surface area contributed by atoms with Crippen LogP contribution in [0.1, 0.15) is 29.9 Å². The molecule has 4 rings (SSSR count). The van der Waals surface area contributed by atoms with Crippen molar-refractivity contribution in [1.29, 1.82) is 0 Å². The van der Waals surface area contributed by atoms with E-state index >= 15 is 0 Å². The normalized spacial score (nSPS) is 18.6. The van der Waals surface area contributed by atoms with Gasteiger partial charge in [0.1, 0.15) is 5.69 Å². The largest absolute Gasteiger partial charge is 0.332 e. The number of piperazine rings is 1. The summed E-state index contributed by atoms with van der Waals surface area (Å²) in [6.45, 7) is 9.08. The number of aryl methyl sites for hydroxylation is 1. The Labute approximate surface area is 164 Å². The molecule has 2 aromatic heterocycles. The molecule has 0 radical (unpaired) electrons. The standard InChI is InChI=1S/C21H26N4OS/c1-14(2)18-12-23(4)9-10-24(18)20(26)19-13-27-21-22-17(11-25(19)21)16-7-5-15(3)6-8-16/h5-8,11,13-14,18H,9-10,12H2,1-4H3/t18-/m1/s1. The summed E-state index contributed by atoms with van der Waals surface area (Å²) in [5, 5.41) is 1.94. The summed E-state index contributed by atoms with van der Waals surface area (Å²) in [5.74, 6) is 0.539. The predicted molar refractivity (Wildman–Crippen MR) is 110 cm³/mol. The zero-order chi connectivity index (χ0) is 19.1. The smallest absolute Gasteiger partial charge is 0.272 e. The van der Waals surface area contributed by atoms with E-state index in [9.17, 15) is 4.79 Å². The van der Waals surface area contributed by atoms with Gasteiger partial charge in [-0.05, 0) is 19.9 Å². The summed E-state index contributed by atoms with van der Waals surface area (Å²) in [5.41, 5.74) is 3.94. The number of likely N-dealkylation sites (N-methyl/N-ethyl adjacent to an activating group) is 1. The van der Waals surface area contributed by atoms with Crippen molar-refractivity contribution in [3.05, 3.63) is 47.1 Å². The van der Waals surface area contributed by atoms with E-state index in [2.05, 4.69) is 61.9 Å². The van der Waals surface area contributed by atoms with Crippen molar-refractivity contribution in [2.24, 2.45) is 5.92 Å². The van der Waals surface area contributed by atoms with Gasteiger partial charge in [-0.3, -0.25) is 9.20 Å². The van der Waals surface area contributed by atoms with Crippen molar-refractivity contribution < 1.29 is 4.79 Å². The second kappa shape index (κ2) is 7.09. The molecule has 3 heterocycles. The first-order chi connectivity index (χ1) is 12.9. The van der Waals surface area contributed by atoms with Crippen LogP contribution in [0.5, 0.6) is 0 Å². The van der Waals surface area contributed by atoms with Crippen LogP contribution in [-0.4, -0.2) is 57.8 Å². The summed E-state index contributed by atoms with van der Waals surface area (Å²) in [7, 11) is 2.13. The molecule has 3 aromatic rings. The Morgan fingerprint density at radius 1 is 1.22 bits per heavy atom. The topological polar surface area (TPSA) is 40.9 Å². The first-order valence-electron chi connectivity index (χ1n) is 9.47. The molecular formula is C21H26N4OS. The van der Waals surface area contributed by atoms with E-state index in [4.69, 9.17) is 4.98 Å². The van der Waals surface area contributed by atoms with Crippen LogP contribution in [0.3, 0.4) is 0 Å². The van der Waals surface area contributed by atoms with Crippen LogP contribution >= 0.6 is 11.3 Å². The number of carbonyl (C=O) groups is 1. The second-order valence-corrected chi connectivity index (χ2v) is 8.67. The third-order valence-electron chi connectivity index (χ3n) is 5.43. The lowest BCUT2D eigenvalue weighted by atomic mass is 9.99. The van der Waals surface area contributed by atoms with Gasteiger partial charge in [0.25, 0.3) is 5.91 Å². The number of hydrogen-bond acceptors (Lipinski definition) is 4. The summed E-state index contributed by atoms with van der Waals surface area (Å²) in [6.07, 6.45) is 1.99. The Morgan fingerprint density at radius 2 is 1.96 bits per heavy atom. The monoisotopic (exact) mass is 382 g/mol. The molecule has 1 saturated heterocycles. The van der Waals surface area contributed by atoms with E-state index in [1.807, 2.05) is 16.0 Å². The number of hydrogen-bond donors (Lipinski definition) is 0. The van der Waals surface area contributed by atoms with Crippen LogP contribution in [0.4, 0.5) is 0 Å². The first-order valence-corrected chi connectivity index (χ1v) is 10.3. The maximum absolute atomic E-state index is 13.4. The van der Waals surface area contributed by atoms with Crippen LogP contribution in [0, 0.1) is 12.8 Å². The van der Waals surface area contributed by atoms with Crippen molar-refractivity contribution in [3.8, 4) is 11.3 Å². The van der Waals surface area contributed by atoms with Gasteiger partial charge in [0.2, 0.25) is 0 Å². The number of benzene rings is 1. The number of rotatable bonds is 3. The van der Waals surface area contributed by atoms with E-state index in [0.29, 0.717) is 5.92 Å². The molecule has 142 valence electrons. The number of amides is 1. The van der Waals surface area contributed by atoms with Gasteiger partial charge in [-0.1, -0.05) is 43.7 Å². The van der Waals surface area contributed by atoms with E-state index in [1.54, 1.807) is 0 Å². The van der Waals surface area contributed by atoms with E-state index in [0.717, 1.165) is 41.5 Å². The third kappa shape index (κ3) is 3.39. The van der Waals surface area contributed by atoms with Gasteiger partial charge >= 0.3 is 0 Å². The highest BCUT2D eigenvalue weighted by molar-refractivity contribution is 7.15. The fraction of sp³-hybridized carbons (Fsp3) is 0.429. The van der Waals surface area contributed by atoms with Crippen molar-refractivity contribution in [2.75, 3.05) is 26.7 Å². The second-order valence-electron chi connectivity index (χ2n) is 7.84. The lowest BCUT2D eigenvalue weighted by molar-refractivity contribution is 0.0396. The lowest BCUT2D eigenvalue weighted by Gasteiger charge is -2.42. The quantitative estimate of drug-likeness (QED) is 0.692. The maximum atomic E-state index is 13.4. The number of aromatic nitrogens is 2. The first kappa shape index (κ1) is 18.2. The summed E-state index contributed by atoms with van der Waals surface area (Å²) < 4.78 is 1.96. The zero-order valence-corrected chi connectivity index (χ0v) is 17.2. The molecule has 6 heteroatoms. The Morgan fingerprint density at radius 3 is 2.67 bits per heavy atom. The van der Waals surface area contributed by atoms with Gasteiger partial charge in [-0.2, -0.15) is 0 Å². The Kier molecular flexibility index (Phi) is 4.78. The van der Waals surface area contributed by atoms with Gasteiger partial charge in [0, 0.05) is 42.8 Å². The number of carbonyl (C=O) groups excluding carboxylic acids is 1. The van der Waals surface area contributed by atoms with Crippen LogP contribution < -0.4 is 0 Å². The molecule has 1 aromatic carbocycles. The molecule has 5 nitrogen and oxygen atoms in total. The van der Waals surface area contributed by atoms with Gasteiger partial charge in [0.15, 0.2) is 4.96 Å². The van der Waals surface area contributed by atoms with Crippen LogP contribution in [0.25, 0.3) is 16.2 Å². The minimum Gasteiger partial charge on any atom is -0.332 e. The molecule has 0 N–H and O–H groups in total. The predicted octanol–water partition coefficient (Wildman–Crippen LogP) is 3.78. The van der Waals surface area contributed by atoms with Crippen molar-refractivity contribution >= 4 is 22.2 Å². The Bertz CT molecular complexity index is 956. The minimum absolute atomic E-state index is 0.112. The molecule has 1 aliphatic heterocycles. The highest BCUT2D eigenvalue weighted by Gasteiger charge is 2.33. The molecule has 1 fully saturated rings. The van der Waals surface area contributed by atoms with E-state index in [1.165, 1.54) is 16.9 Å².